The van der Waals surface area contributed by atoms with Crippen molar-refractivity contribution in [3.05, 3.63) is 60.0 Å². The van der Waals surface area contributed by atoms with Crippen molar-refractivity contribution < 1.29 is 23.0 Å². The molecular weight excluding hydrogens is 406 g/mol. The number of anilines is 1. The maximum atomic E-state index is 12.9. The van der Waals surface area contributed by atoms with E-state index in [4.69, 9.17) is 15.2 Å². The molecule has 1 fully saturated rings. The Morgan fingerprint density at radius 1 is 1.06 bits per heavy atom. The van der Waals surface area contributed by atoms with Gasteiger partial charge in [-0.1, -0.05) is 26.0 Å². The van der Waals surface area contributed by atoms with Crippen LogP contribution in [0.5, 0.6) is 11.6 Å². The molecule has 3 heterocycles. The molecule has 7 nitrogen and oxygen atoms in total. The quantitative estimate of drug-likeness (QED) is 0.603. The number of nitrogen functional groups attached to an aromatic ring is 1. The molecular formula is C22H24F2N4O3. The molecule has 2 aromatic heterocycles. The Morgan fingerprint density at radius 2 is 1.77 bits per heavy atom. The van der Waals surface area contributed by atoms with Gasteiger partial charge in [-0.25, -0.2) is 15.0 Å². The van der Waals surface area contributed by atoms with Crippen molar-refractivity contribution in [1.29, 1.82) is 0 Å². The van der Waals surface area contributed by atoms with Gasteiger partial charge in [0.15, 0.2) is 0 Å². The summed E-state index contributed by atoms with van der Waals surface area (Å²) in [4.78, 5) is 12.0. The van der Waals surface area contributed by atoms with Crippen LogP contribution < -0.4 is 15.2 Å². The summed E-state index contributed by atoms with van der Waals surface area (Å²) in [5.41, 5.74) is 8.20. The molecule has 0 bridgehead atoms. The van der Waals surface area contributed by atoms with E-state index in [0.717, 1.165) is 11.1 Å². The van der Waals surface area contributed by atoms with Gasteiger partial charge in [-0.3, -0.25) is 0 Å². The van der Waals surface area contributed by atoms with Crippen LogP contribution in [0, 0.1) is 0 Å². The first kappa shape index (κ1) is 22.4. The summed E-state index contributed by atoms with van der Waals surface area (Å²) >= 11 is 0. The van der Waals surface area contributed by atoms with Crippen LogP contribution in [-0.2, 0) is 11.2 Å². The number of pyridine rings is 1. The van der Waals surface area contributed by atoms with E-state index in [9.17, 15) is 8.78 Å². The highest BCUT2D eigenvalue weighted by molar-refractivity contribution is 5.70. The minimum Gasteiger partial charge on any atom is -0.486 e. The number of hydrogen-bond acceptors (Lipinski definition) is 7. The topological polar surface area (TPSA) is 92.4 Å². The summed E-state index contributed by atoms with van der Waals surface area (Å²) in [6, 6.07) is 8.90. The number of benzene rings is 1. The molecule has 0 unspecified atom stereocenters. The van der Waals surface area contributed by atoms with Crippen LogP contribution in [-0.4, -0.2) is 40.9 Å². The van der Waals surface area contributed by atoms with Gasteiger partial charge in [-0.05, 0) is 34.9 Å². The first-order valence-corrected chi connectivity index (χ1v) is 9.92. The van der Waals surface area contributed by atoms with Crippen LogP contribution in [0.15, 0.2) is 48.9 Å². The fourth-order valence-corrected chi connectivity index (χ4v) is 2.88. The Kier molecular flexibility index (Phi) is 7.66. The summed E-state index contributed by atoms with van der Waals surface area (Å²) in [6.45, 7) is 2.08. The van der Waals surface area contributed by atoms with Crippen LogP contribution in [0.2, 0.25) is 0 Å². The summed E-state index contributed by atoms with van der Waals surface area (Å²) in [6.07, 6.45) is 5.17. The van der Waals surface area contributed by atoms with Crippen molar-refractivity contribution in [2.24, 2.45) is 0 Å². The maximum Gasteiger partial charge on any atom is 0.388 e. The number of halogens is 2. The second-order valence-electron chi connectivity index (χ2n) is 6.51. The van der Waals surface area contributed by atoms with Gasteiger partial charge in [0, 0.05) is 30.6 Å². The van der Waals surface area contributed by atoms with E-state index in [1.807, 2.05) is 13.8 Å². The molecule has 0 aliphatic carbocycles. The summed E-state index contributed by atoms with van der Waals surface area (Å²) < 4.78 is 41.3. The Hall–Kier alpha value is -3.33. The monoisotopic (exact) mass is 430 g/mol. The fraction of sp³-hybridized carbons (Fsp3) is 0.318. The van der Waals surface area contributed by atoms with Crippen LogP contribution in [0.1, 0.15) is 25.0 Å². The van der Waals surface area contributed by atoms with E-state index in [0.29, 0.717) is 36.5 Å². The third-order valence-electron chi connectivity index (χ3n) is 4.30. The Morgan fingerprint density at radius 3 is 2.42 bits per heavy atom. The molecule has 0 atom stereocenters. The van der Waals surface area contributed by atoms with Gasteiger partial charge >= 0.3 is 6.61 Å². The lowest BCUT2D eigenvalue weighted by molar-refractivity contribution is -0.0796. The molecule has 4 rings (SSSR count). The van der Waals surface area contributed by atoms with Crippen LogP contribution in [0.25, 0.3) is 11.1 Å². The Balaban J connectivity index is 0.00000132. The zero-order valence-corrected chi connectivity index (χ0v) is 17.3. The first-order valence-electron chi connectivity index (χ1n) is 9.92. The summed E-state index contributed by atoms with van der Waals surface area (Å²) in [7, 11) is 0. The minimum atomic E-state index is -2.98. The van der Waals surface area contributed by atoms with E-state index in [1.165, 1.54) is 6.20 Å². The molecule has 1 aromatic carbocycles. The lowest BCUT2D eigenvalue weighted by Gasteiger charge is -2.26. The van der Waals surface area contributed by atoms with E-state index in [-0.39, 0.29) is 17.9 Å². The maximum absolute atomic E-state index is 12.9. The molecule has 1 aliphatic rings. The molecule has 3 aromatic rings. The van der Waals surface area contributed by atoms with E-state index in [2.05, 4.69) is 19.7 Å². The minimum absolute atomic E-state index is 0.00277. The normalized spacial score (nSPS) is 13.2. The smallest absolute Gasteiger partial charge is 0.388 e. The van der Waals surface area contributed by atoms with Crippen molar-refractivity contribution in [3.63, 3.8) is 0 Å². The molecule has 0 radical (unpaired) electrons. The highest BCUT2D eigenvalue weighted by Gasteiger charge is 2.21. The highest BCUT2D eigenvalue weighted by atomic mass is 19.3. The summed E-state index contributed by atoms with van der Waals surface area (Å²) in [5, 5.41) is 0. The van der Waals surface area contributed by atoms with E-state index < -0.39 is 6.61 Å². The fourth-order valence-electron chi connectivity index (χ4n) is 2.88. The van der Waals surface area contributed by atoms with Gasteiger partial charge in [0.1, 0.15) is 11.9 Å². The number of aromatic nitrogens is 3. The van der Waals surface area contributed by atoms with Crippen molar-refractivity contribution in [2.45, 2.75) is 33.0 Å². The van der Waals surface area contributed by atoms with Gasteiger partial charge in [0.25, 0.3) is 0 Å². The van der Waals surface area contributed by atoms with Gasteiger partial charge in [-0.2, -0.15) is 8.78 Å². The second-order valence-corrected chi connectivity index (χ2v) is 6.51. The summed E-state index contributed by atoms with van der Waals surface area (Å²) in [5.74, 6) is 0.652. The third kappa shape index (κ3) is 6.08. The lowest BCUT2D eigenvalue weighted by atomic mass is 10.0. The molecule has 1 aliphatic heterocycles. The number of nitrogens with two attached hydrogens (primary N) is 1. The van der Waals surface area contributed by atoms with Gasteiger partial charge in [0.2, 0.25) is 11.8 Å². The molecule has 1 saturated heterocycles. The van der Waals surface area contributed by atoms with E-state index >= 15 is 0 Å². The predicted molar refractivity (Wildman–Crippen MR) is 112 cm³/mol. The standard InChI is InChI=1S/C20H18F2N4O3.C2H6/c21-19(22)29-18-17(14-2-1-3-15(6-14)28-16-10-27-11-16)5-12(7-24-18)4-13-8-25-20(23)26-9-13;1-2/h1-3,5-9,16,19H,4,10-11H2,(H2,23,25,26);1-2H3. The average Bonchev–Trinajstić information content (AvgIpc) is 2.75. The lowest BCUT2D eigenvalue weighted by Crippen LogP contribution is -2.38. The van der Waals surface area contributed by atoms with Gasteiger partial charge in [0.05, 0.1) is 13.2 Å². The number of ether oxygens (including phenoxy) is 3. The highest BCUT2D eigenvalue weighted by Crippen LogP contribution is 2.33. The Labute approximate surface area is 179 Å². The number of nitrogens with zero attached hydrogens (tertiary/aromatic N) is 3. The molecule has 0 spiro atoms. The molecule has 2 N–H and O–H groups in total. The second kappa shape index (κ2) is 10.6. The van der Waals surface area contributed by atoms with E-state index in [1.54, 1.807) is 42.7 Å². The molecule has 0 saturated carbocycles. The number of rotatable bonds is 7. The third-order valence-corrected chi connectivity index (χ3v) is 4.30. The van der Waals surface area contributed by atoms with Crippen LogP contribution in [0.4, 0.5) is 14.7 Å². The van der Waals surface area contributed by atoms with Crippen molar-refractivity contribution in [3.8, 4) is 22.8 Å². The SMILES string of the molecule is CC.Nc1ncc(Cc2cnc(OC(F)F)c(-c3cccc(OC4COC4)c3)c2)cn1. The molecule has 31 heavy (non-hydrogen) atoms. The zero-order valence-electron chi connectivity index (χ0n) is 17.3. The van der Waals surface area contributed by atoms with Crippen molar-refractivity contribution in [2.75, 3.05) is 18.9 Å². The molecule has 164 valence electrons. The predicted octanol–water partition coefficient (Wildman–Crippen LogP) is 4.12. The number of hydrogen-bond donors (Lipinski definition) is 1. The Bertz CT molecular complexity index is 983. The average molecular weight is 430 g/mol. The molecule has 9 heteroatoms. The largest absolute Gasteiger partial charge is 0.486 e. The van der Waals surface area contributed by atoms with Crippen molar-refractivity contribution in [1.82, 2.24) is 15.0 Å². The van der Waals surface area contributed by atoms with Gasteiger partial charge in [-0.15, -0.1) is 0 Å². The number of alkyl halides is 2. The van der Waals surface area contributed by atoms with Crippen LogP contribution in [0.3, 0.4) is 0 Å². The van der Waals surface area contributed by atoms with Crippen LogP contribution >= 0.6 is 0 Å². The van der Waals surface area contributed by atoms with Crippen molar-refractivity contribution >= 4 is 5.95 Å². The first-order chi connectivity index (χ1) is 15.1. The zero-order chi connectivity index (χ0) is 22.2. The van der Waals surface area contributed by atoms with Gasteiger partial charge < -0.3 is 19.9 Å². The molecule has 0 amide bonds.